The van der Waals surface area contributed by atoms with Gasteiger partial charge < -0.3 is 9.64 Å². The molecule has 0 spiro atoms. The van der Waals surface area contributed by atoms with Gasteiger partial charge in [0.1, 0.15) is 6.61 Å². The van der Waals surface area contributed by atoms with Crippen LogP contribution in [0.2, 0.25) is 0 Å². The van der Waals surface area contributed by atoms with Crippen molar-refractivity contribution in [2.24, 2.45) is 5.92 Å². The second-order valence-electron chi connectivity index (χ2n) is 6.86. The summed E-state index contributed by atoms with van der Waals surface area (Å²) in [5.41, 5.74) is 5.01. The molecule has 128 valence electrons. The van der Waals surface area contributed by atoms with E-state index in [9.17, 15) is 4.79 Å². The third-order valence-corrected chi connectivity index (χ3v) is 5.47. The van der Waals surface area contributed by atoms with E-state index in [2.05, 4.69) is 55.1 Å². The van der Waals surface area contributed by atoms with Crippen LogP contribution < -0.4 is 0 Å². The van der Waals surface area contributed by atoms with Gasteiger partial charge in [-0.15, -0.1) is 6.58 Å². The second kappa shape index (κ2) is 6.75. The van der Waals surface area contributed by atoms with Crippen molar-refractivity contribution in [1.29, 1.82) is 0 Å². The van der Waals surface area contributed by atoms with Crippen LogP contribution in [0.4, 0.5) is 4.79 Å². The van der Waals surface area contributed by atoms with Crippen LogP contribution in [-0.4, -0.2) is 30.7 Å². The van der Waals surface area contributed by atoms with Gasteiger partial charge >= 0.3 is 6.09 Å². The quantitative estimate of drug-likeness (QED) is 0.753. The molecule has 1 fully saturated rings. The smallest absolute Gasteiger partial charge is 0.409 e. The zero-order chi connectivity index (χ0) is 17.2. The van der Waals surface area contributed by atoms with E-state index in [0.29, 0.717) is 12.5 Å². The molecular weight excluding hydrogens is 310 g/mol. The molecule has 2 aromatic rings. The number of allylic oxidation sites excluding steroid dienone is 1. The first-order chi connectivity index (χ1) is 12.3. The highest BCUT2D eigenvalue weighted by molar-refractivity contribution is 5.79. The van der Waals surface area contributed by atoms with Crippen LogP contribution in [0.15, 0.2) is 61.2 Å². The van der Waals surface area contributed by atoms with E-state index in [1.54, 1.807) is 0 Å². The molecule has 25 heavy (non-hydrogen) atoms. The van der Waals surface area contributed by atoms with E-state index in [0.717, 1.165) is 25.9 Å². The molecular formula is C22H23NO2. The van der Waals surface area contributed by atoms with Crippen molar-refractivity contribution in [3.8, 4) is 11.1 Å². The lowest BCUT2D eigenvalue weighted by Crippen LogP contribution is -2.38. The topological polar surface area (TPSA) is 29.5 Å². The van der Waals surface area contributed by atoms with Gasteiger partial charge in [-0.3, -0.25) is 0 Å². The molecule has 1 aliphatic carbocycles. The fourth-order valence-corrected chi connectivity index (χ4v) is 4.00. The highest BCUT2D eigenvalue weighted by Gasteiger charge is 2.30. The number of amides is 1. The summed E-state index contributed by atoms with van der Waals surface area (Å²) >= 11 is 0. The fourth-order valence-electron chi connectivity index (χ4n) is 4.00. The summed E-state index contributed by atoms with van der Waals surface area (Å²) in [6, 6.07) is 16.8. The van der Waals surface area contributed by atoms with Crippen LogP contribution in [0.5, 0.6) is 0 Å². The van der Waals surface area contributed by atoms with Crippen molar-refractivity contribution < 1.29 is 9.53 Å². The van der Waals surface area contributed by atoms with E-state index >= 15 is 0 Å². The monoisotopic (exact) mass is 333 g/mol. The molecule has 3 heteroatoms. The minimum absolute atomic E-state index is 0.127. The van der Waals surface area contributed by atoms with Gasteiger partial charge in [-0.25, -0.2) is 4.79 Å². The molecule has 4 rings (SSSR count). The molecule has 0 bridgehead atoms. The molecule has 0 radical (unpaired) electrons. The van der Waals surface area contributed by atoms with Crippen LogP contribution in [0.25, 0.3) is 11.1 Å². The maximum Gasteiger partial charge on any atom is 0.409 e. The standard InChI is InChI=1S/C22H23NO2/c1-2-16-11-13-23(14-12-16)22(24)25-15-21-19-9-5-3-7-17(19)18-8-4-6-10-20(18)21/h2-10,16,21H,1,11-15H2. The van der Waals surface area contributed by atoms with Crippen LogP contribution in [0, 0.1) is 5.92 Å². The maximum absolute atomic E-state index is 12.5. The number of piperidine rings is 1. The fraction of sp³-hybridized carbons (Fsp3) is 0.318. The zero-order valence-corrected chi connectivity index (χ0v) is 14.4. The average Bonchev–Trinajstić information content (AvgIpc) is 3.00. The van der Waals surface area contributed by atoms with Gasteiger partial charge in [-0.05, 0) is 41.0 Å². The normalized spacial score (nSPS) is 17.0. The lowest BCUT2D eigenvalue weighted by Gasteiger charge is -2.30. The minimum atomic E-state index is -0.190. The molecule has 1 heterocycles. The number of benzene rings is 2. The Labute approximate surface area is 148 Å². The molecule has 0 aromatic heterocycles. The molecule has 1 saturated heterocycles. The van der Waals surface area contributed by atoms with Crippen molar-refractivity contribution in [3.63, 3.8) is 0 Å². The zero-order valence-electron chi connectivity index (χ0n) is 14.4. The van der Waals surface area contributed by atoms with E-state index in [1.165, 1.54) is 22.3 Å². The van der Waals surface area contributed by atoms with Gasteiger partial charge in [0.2, 0.25) is 0 Å². The number of carbonyl (C=O) groups excluding carboxylic acids is 1. The summed E-state index contributed by atoms with van der Waals surface area (Å²) < 4.78 is 5.71. The Bertz CT molecular complexity index is 745. The van der Waals surface area contributed by atoms with E-state index in [4.69, 9.17) is 4.74 Å². The first-order valence-corrected chi connectivity index (χ1v) is 9.00. The molecule has 0 N–H and O–H groups in total. The van der Waals surface area contributed by atoms with E-state index < -0.39 is 0 Å². The average molecular weight is 333 g/mol. The predicted octanol–water partition coefficient (Wildman–Crippen LogP) is 4.83. The first kappa shape index (κ1) is 15.9. The number of fused-ring (bicyclic) bond motifs is 3. The van der Waals surface area contributed by atoms with Gasteiger partial charge in [-0.2, -0.15) is 0 Å². The van der Waals surface area contributed by atoms with Crippen LogP contribution in [0.3, 0.4) is 0 Å². The Morgan fingerprint density at radius 3 is 2.16 bits per heavy atom. The van der Waals surface area contributed by atoms with Crippen molar-refractivity contribution >= 4 is 6.09 Å². The number of nitrogens with zero attached hydrogens (tertiary/aromatic N) is 1. The summed E-state index contributed by atoms with van der Waals surface area (Å²) in [4.78, 5) is 14.3. The molecule has 0 saturated carbocycles. The molecule has 1 amide bonds. The molecule has 0 atom stereocenters. The molecule has 1 aliphatic heterocycles. The number of hydrogen-bond acceptors (Lipinski definition) is 2. The van der Waals surface area contributed by atoms with E-state index in [-0.39, 0.29) is 12.0 Å². The summed E-state index contributed by atoms with van der Waals surface area (Å²) in [7, 11) is 0. The highest BCUT2D eigenvalue weighted by atomic mass is 16.6. The minimum Gasteiger partial charge on any atom is -0.448 e. The maximum atomic E-state index is 12.5. The number of rotatable bonds is 3. The Kier molecular flexibility index (Phi) is 4.31. The number of hydrogen-bond donors (Lipinski definition) is 0. The Balaban J connectivity index is 1.46. The molecule has 2 aliphatic rings. The van der Waals surface area contributed by atoms with Gasteiger partial charge in [0.15, 0.2) is 0 Å². The first-order valence-electron chi connectivity index (χ1n) is 9.00. The van der Waals surface area contributed by atoms with Crippen molar-refractivity contribution in [3.05, 3.63) is 72.3 Å². The summed E-state index contributed by atoms with van der Waals surface area (Å²) in [5, 5.41) is 0. The van der Waals surface area contributed by atoms with Crippen molar-refractivity contribution in [1.82, 2.24) is 4.90 Å². The Hall–Kier alpha value is -2.55. The number of ether oxygens (including phenoxy) is 1. The molecule has 3 nitrogen and oxygen atoms in total. The van der Waals surface area contributed by atoms with Crippen LogP contribution in [-0.2, 0) is 4.74 Å². The van der Waals surface area contributed by atoms with Gasteiger partial charge in [0.05, 0.1) is 0 Å². The van der Waals surface area contributed by atoms with Gasteiger partial charge in [0, 0.05) is 19.0 Å². The Morgan fingerprint density at radius 2 is 1.60 bits per heavy atom. The SMILES string of the molecule is C=CC1CCN(C(=O)OCC2c3ccccc3-c3ccccc32)CC1. The molecule has 2 aromatic carbocycles. The van der Waals surface area contributed by atoms with Gasteiger partial charge in [-0.1, -0.05) is 54.6 Å². The predicted molar refractivity (Wildman–Crippen MR) is 99.6 cm³/mol. The van der Waals surface area contributed by atoms with Crippen molar-refractivity contribution in [2.75, 3.05) is 19.7 Å². The lowest BCUT2D eigenvalue weighted by molar-refractivity contribution is 0.0888. The summed E-state index contributed by atoms with van der Waals surface area (Å²) in [6.45, 7) is 5.76. The van der Waals surface area contributed by atoms with E-state index in [1.807, 2.05) is 11.0 Å². The Morgan fingerprint density at radius 1 is 1.04 bits per heavy atom. The summed E-state index contributed by atoms with van der Waals surface area (Å²) in [5.74, 6) is 0.653. The number of carbonyl (C=O) groups is 1. The number of likely N-dealkylation sites (tertiary alicyclic amines) is 1. The largest absolute Gasteiger partial charge is 0.448 e. The third kappa shape index (κ3) is 2.95. The summed E-state index contributed by atoms with van der Waals surface area (Å²) in [6.07, 6.45) is 3.76. The molecule has 0 unspecified atom stereocenters. The van der Waals surface area contributed by atoms with Crippen LogP contribution >= 0.6 is 0 Å². The second-order valence-corrected chi connectivity index (χ2v) is 6.86. The lowest BCUT2D eigenvalue weighted by atomic mass is 9.97. The van der Waals surface area contributed by atoms with Gasteiger partial charge in [0.25, 0.3) is 0 Å². The van der Waals surface area contributed by atoms with Crippen molar-refractivity contribution in [2.45, 2.75) is 18.8 Å². The highest BCUT2D eigenvalue weighted by Crippen LogP contribution is 2.44. The third-order valence-electron chi connectivity index (χ3n) is 5.47. The van der Waals surface area contributed by atoms with Crippen LogP contribution in [0.1, 0.15) is 29.9 Å².